The van der Waals surface area contributed by atoms with Gasteiger partial charge in [-0.25, -0.2) is 0 Å². The molecule has 2 aliphatic rings. The highest BCUT2D eigenvalue weighted by molar-refractivity contribution is 5.40. The van der Waals surface area contributed by atoms with Gasteiger partial charge in [0.05, 0.1) is 0 Å². The third-order valence-electron chi connectivity index (χ3n) is 4.68. The van der Waals surface area contributed by atoms with Gasteiger partial charge < -0.3 is 10.2 Å². The Balaban J connectivity index is 1.57. The summed E-state index contributed by atoms with van der Waals surface area (Å²) in [4.78, 5) is 2.66. The lowest BCUT2D eigenvalue weighted by Crippen LogP contribution is -2.36. The van der Waals surface area contributed by atoms with Gasteiger partial charge in [0.2, 0.25) is 0 Å². The van der Waals surface area contributed by atoms with Crippen molar-refractivity contribution < 1.29 is 0 Å². The minimum atomic E-state index is 0.484. The summed E-state index contributed by atoms with van der Waals surface area (Å²) in [5.74, 6) is 0.790. The van der Waals surface area contributed by atoms with Crippen molar-refractivity contribution in [1.29, 1.82) is 0 Å². The predicted molar refractivity (Wildman–Crippen MR) is 76.0 cm³/mol. The van der Waals surface area contributed by atoms with Crippen molar-refractivity contribution in [3.05, 3.63) is 35.4 Å². The fraction of sp³-hybridized carbons (Fsp3) is 0.625. The van der Waals surface area contributed by atoms with Gasteiger partial charge in [-0.05, 0) is 43.0 Å². The summed E-state index contributed by atoms with van der Waals surface area (Å²) < 4.78 is 0. The summed E-state index contributed by atoms with van der Waals surface area (Å²) in [7, 11) is 2.07. The van der Waals surface area contributed by atoms with E-state index in [0.29, 0.717) is 5.41 Å². The smallest absolute Gasteiger partial charge is 0.00538 e. The molecule has 0 aromatic heterocycles. The van der Waals surface area contributed by atoms with E-state index in [-0.39, 0.29) is 0 Å². The van der Waals surface area contributed by atoms with Crippen LogP contribution in [0.5, 0.6) is 0 Å². The molecule has 0 radical (unpaired) electrons. The maximum atomic E-state index is 3.34. The third-order valence-corrected chi connectivity index (χ3v) is 4.68. The van der Waals surface area contributed by atoms with Crippen molar-refractivity contribution in [2.45, 2.75) is 25.7 Å². The van der Waals surface area contributed by atoms with Crippen LogP contribution in [0.1, 0.15) is 30.4 Å². The molecule has 2 nitrogen and oxygen atoms in total. The number of nitrogens with one attached hydrogen (secondary N) is 1. The molecule has 2 unspecified atom stereocenters. The largest absolute Gasteiger partial charge is 0.319 e. The van der Waals surface area contributed by atoms with Crippen LogP contribution >= 0.6 is 0 Å². The Bertz CT molecular complexity index is 429. The molecule has 0 spiro atoms. The van der Waals surface area contributed by atoms with Gasteiger partial charge in [-0.1, -0.05) is 31.2 Å². The van der Waals surface area contributed by atoms with Crippen LogP contribution in [-0.2, 0) is 6.42 Å². The highest BCUT2D eigenvalue weighted by Gasteiger charge is 2.35. The van der Waals surface area contributed by atoms with Gasteiger partial charge in [-0.15, -0.1) is 0 Å². The lowest BCUT2D eigenvalue weighted by molar-refractivity contribution is 0.252. The van der Waals surface area contributed by atoms with E-state index < -0.39 is 0 Å². The molecule has 1 heterocycles. The minimum Gasteiger partial charge on any atom is -0.319 e. The number of nitrogens with zero attached hydrogens (tertiary/aromatic N) is 1. The molecule has 1 aromatic carbocycles. The van der Waals surface area contributed by atoms with E-state index in [1.807, 2.05) is 0 Å². The van der Waals surface area contributed by atoms with E-state index in [1.165, 1.54) is 32.5 Å². The van der Waals surface area contributed by atoms with Crippen molar-refractivity contribution in [2.75, 3.05) is 33.2 Å². The van der Waals surface area contributed by atoms with Crippen LogP contribution in [-0.4, -0.2) is 38.1 Å². The quantitative estimate of drug-likeness (QED) is 0.874. The molecule has 18 heavy (non-hydrogen) atoms. The van der Waals surface area contributed by atoms with E-state index >= 15 is 0 Å². The second kappa shape index (κ2) is 4.67. The lowest BCUT2D eigenvalue weighted by Gasteiger charge is -2.34. The number of likely N-dealkylation sites (tertiary alicyclic amines) is 1. The molecule has 0 saturated carbocycles. The Morgan fingerprint density at radius 2 is 2.22 bits per heavy atom. The molecule has 0 amide bonds. The number of rotatable bonds is 4. The minimum absolute atomic E-state index is 0.484. The average molecular weight is 244 g/mol. The molecule has 2 heteroatoms. The zero-order valence-electron chi connectivity index (χ0n) is 11.6. The molecule has 1 N–H and O–H groups in total. The third kappa shape index (κ3) is 2.19. The molecule has 0 bridgehead atoms. The Labute approximate surface area is 110 Å². The second-order valence-electron chi connectivity index (χ2n) is 6.43. The summed E-state index contributed by atoms with van der Waals surface area (Å²) in [6.07, 6.45) is 2.62. The summed E-state index contributed by atoms with van der Waals surface area (Å²) in [5.41, 5.74) is 3.65. The van der Waals surface area contributed by atoms with Crippen LogP contribution in [0, 0.1) is 5.41 Å². The number of fused-ring (bicyclic) bond motifs is 1. The Morgan fingerprint density at radius 1 is 1.39 bits per heavy atom. The fourth-order valence-electron chi connectivity index (χ4n) is 3.69. The van der Waals surface area contributed by atoms with Crippen LogP contribution in [0.25, 0.3) is 0 Å². The van der Waals surface area contributed by atoms with E-state index in [9.17, 15) is 0 Å². The van der Waals surface area contributed by atoms with E-state index in [4.69, 9.17) is 0 Å². The monoisotopic (exact) mass is 244 g/mol. The molecular formula is C16H24N2. The molecule has 1 aromatic rings. The lowest BCUT2D eigenvalue weighted by atomic mass is 9.77. The fourth-order valence-corrected chi connectivity index (χ4v) is 3.69. The zero-order chi connectivity index (χ0) is 12.6. The predicted octanol–water partition coefficient (Wildman–Crippen LogP) is 2.26. The first-order valence-corrected chi connectivity index (χ1v) is 7.15. The van der Waals surface area contributed by atoms with E-state index in [0.717, 1.165) is 12.5 Å². The first kappa shape index (κ1) is 12.2. The number of hydrogen-bond acceptors (Lipinski definition) is 2. The van der Waals surface area contributed by atoms with Gasteiger partial charge >= 0.3 is 0 Å². The van der Waals surface area contributed by atoms with Crippen LogP contribution in [0.2, 0.25) is 0 Å². The molecule has 1 saturated heterocycles. The number of benzene rings is 1. The van der Waals surface area contributed by atoms with Crippen molar-refractivity contribution in [3.8, 4) is 0 Å². The van der Waals surface area contributed by atoms with Crippen molar-refractivity contribution in [3.63, 3.8) is 0 Å². The Kier molecular flexibility index (Phi) is 3.16. The average Bonchev–Trinajstić information content (AvgIpc) is 2.68. The van der Waals surface area contributed by atoms with Crippen molar-refractivity contribution in [1.82, 2.24) is 10.2 Å². The van der Waals surface area contributed by atoms with Gasteiger partial charge in [0.1, 0.15) is 0 Å². The SMILES string of the molecule is CNCC1(C)CCN(CC2Cc3ccccc32)C1. The van der Waals surface area contributed by atoms with E-state index in [2.05, 4.69) is 48.5 Å². The topological polar surface area (TPSA) is 15.3 Å². The van der Waals surface area contributed by atoms with Gasteiger partial charge in [0.15, 0.2) is 0 Å². The maximum absolute atomic E-state index is 3.34. The van der Waals surface area contributed by atoms with Gasteiger partial charge in [-0.2, -0.15) is 0 Å². The zero-order valence-corrected chi connectivity index (χ0v) is 11.6. The summed E-state index contributed by atoms with van der Waals surface area (Å²) in [6.45, 7) is 7.35. The molecule has 1 aliphatic heterocycles. The molecule has 2 atom stereocenters. The Morgan fingerprint density at radius 3 is 3.00 bits per heavy atom. The van der Waals surface area contributed by atoms with Crippen LogP contribution in [0.3, 0.4) is 0 Å². The maximum Gasteiger partial charge on any atom is 0.00538 e. The van der Waals surface area contributed by atoms with Gasteiger partial charge in [0.25, 0.3) is 0 Å². The standard InChI is InChI=1S/C16H24N2/c1-16(11-17-2)7-8-18(12-16)10-14-9-13-5-3-4-6-15(13)14/h3-6,14,17H,7-12H2,1-2H3. The summed E-state index contributed by atoms with van der Waals surface area (Å²) >= 11 is 0. The van der Waals surface area contributed by atoms with Crippen molar-refractivity contribution >= 4 is 0 Å². The van der Waals surface area contributed by atoms with Crippen LogP contribution < -0.4 is 5.32 Å². The summed E-state index contributed by atoms with van der Waals surface area (Å²) in [6, 6.07) is 8.93. The second-order valence-corrected chi connectivity index (χ2v) is 6.43. The van der Waals surface area contributed by atoms with Crippen molar-refractivity contribution in [2.24, 2.45) is 5.41 Å². The van der Waals surface area contributed by atoms with Gasteiger partial charge in [0, 0.05) is 25.6 Å². The first-order valence-electron chi connectivity index (χ1n) is 7.15. The molecule has 3 rings (SSSR count). The van der Waals surface area contributed by atoms with Crippen LogP contribution in [0.4, 0.5) is 0 Å². The molecular weight excluding hydrogens is 220 g/mol. The highest BCUT2D eigenvalue weighted by atomic mass is 15.2. The van der Waals surface area contributed by atoms with E-state index in [1.54, 1.807) is 11.1 Å². The van der Waals surface area contributed by atoms with Gasteiger partial charge in [-0.3, -0.25) is 0 Å². The summed E-state index contributed by atoms with van der Waals surface area (Å²) in [5, 5.41) is 3.34. The van der Waals surface area contributed by atoms with Crippen LogP contribution in [0.15, 0.2) is 24.3 Å². The Hall–Kier alpha value is -0.860. The molecule has 98 valence electrons. The normalized spacial score (nSPS) is 31.1. The highest BCUT2D eigenvalue weighted by Crippen LogP contribution is 2.37. The number of hydrogen-bond donors (Lipinski definition) is 1. The molecule has 1 aliphatic carbocycles. The molecule has 1 fully saturated rings. The first-order chi connectivity index (χ1) is 8.70.